The highest BCUT2D eigenvalue weighted by Crippen LogP contribution is 2.65. The number of rotatable bonds is 7. The highest BCUT2D eigenvalue weighted by atomic mass is 19.1. The molecule has 0 radical (unpaired) electrons. The second-order valence-corrected chi connectivity index (χ2v) is 12.2. The Labute approximate surface area is 217 Å². The van der Waals surface area contributed by atoms with Gasteiger partial charge in [0.25, 0.3) is 0 Å². The van der Waals surface area contributed by atoms with Crippen molar-refractivity contribution in [3.8, 4) is 0 Å². The Morgan fingerprint density at radius 3 is 2.54 bits per heavy atom. The van der Waals surface area contributed by atoms with Gasteiger partial charge in [-0.3, -0.25) is 9.29 Å². The monoisotopic (exact) mass is 507 g/mol. The molecule has 2 aromatic rings. The lowest BCUT2D eigenvalue weighted by Crippen LogP contribution is -2.71. The standard InChI is InChI=1S/C31H36F3N3/c1-19-11-25-24-6-3-2-5-21(24)12-26(25)30(37(19)31-15-20(16-31)17-31)29-27(33)13-23(14-28(29)34)35-22-7-10-36(18-22)9-4-8-32/h2-3,5-6,13-14,19-20,22,30,35H,4,7-12,15-18H2,1H3/t19-,20?,22+,30+,31?/m1/s1. The predicted octanol–water partition coefficient (Wildman–Crippen LogP) is 6.51. The minimum atomic E-state index is -0.451. The first kappa shape index (κ1) is 23.8. The second kappa shape index (κ2) is 8.88. The predicted molar refractivity (Wildman–Crippen MR) is 141 cm³/mol. The minimum Gasteiger partial charge on any atom is -0.381 e. The lowest BCUT2D eigenvalue weighted by atomic mass is 9.48. The number of likely N-dealkylation sites (tertiary alicyclic amines) is 1. The highest BCUT2D eigenvalue weighted by Gasteiger charge is 2.63. The number of hydrogen-bond acceptors (Lipinski definition) is 3. The summed E-state index contributed by atoms with van der Waals surface area (Å²) < 4.78 is 44.6. The fourth-order valence-corrected chi connectivity index (χ4v) is 8.18. The third-order valence-corrected chi connectivity index (χ3v) is 9.85. The van der Waals surface area contributed by atoms with Crippen LogP contribution in [0, 0.1) is 17.6 Å². The molecule has 8 rings (SSSR count). The maximum Gasteiger partial charge on any atom is 0.133 e. The maximum atomic E-state index is 16.0. The Kier molecular flexibility index (Phi) is 5.70. The lowest BCUT2D eigenvalue weighted by Gasteiger charge is -2.70. The number of nitrogens with one attached hydrogen (secondary N) is 1. The van der Waals surface area contributed by atoms with E-state index in [-0.39, 0.29) is 35.9 Å². The first-order valence-electron chi connectivity index (χ1n) is 14.1. The summed E-state index contributed by atoms with van der Waals surface area (Å²) in [6.45, 7) is 4.33. The van der Waals surface area contributed by atoms with Crippen LogP contribution in [0.25, 0.3) is 5.57 Å². The summed E-state index contributed by atoms with van der Waals surface area (Å²) in [6, 6.07) is 11.5. The number of anilines is 1. The molecule has 0 amide bonds. The van der Waals surface area contributed by atoms with Crippen LogP contribution in [0.15, 0.2) is 42.0 Å². The molecule has 2 aromatic carbocycles. The lowest BCUT2D eigenvalue weighted by molar-refractivity contribution is -0.173. The molecule has 196 valence electrons. The average molecular weight is 508 g/mol. The summed E-state index contributed by atoms with van der Waals surface area (Å²) in [6.07, 6.45) is 6.62. The zero-order valence-corrected chi connectivity index (χ0v) is 21.6. The van der Waals surface area contributed by atoms with Crippen molar-refractivity contribution in [2.75, 3.05) is 31.6 Å². The summed E-state index contributed by atoms with van der Waals surface area (Å²) in [5.74, 6) is -0.109. The van der Waals surface area contributed by atoms with Gasteiger partial charge in [-0.25, -0.2) is 8.78 Å². The molecule has 1 N–H and O–H groups in total. The first-order valence-corrected chi connectivity index (χ1v) is 14.1. The molecule has 1 saturated heterocycles. The van der Waals surface area contributed by atoms with Crippen molar-refractivity contribution in [2.45, 2.75) is 75.5 Å². The molecule has 2 aliphatic heterocycles. The van der Waals surface area contributed by atoms with Crippen molar-refractivity contribution in [3.63, 3.8) is 0 Å². The Hall–Kier alpha value is -2.31. The fourth-order valence-electron chi connectivity index (χ4n) is 8.18. The van der Waals surface area contributed by atoms with Gasteiger partial charge in [0, 0.05) is 48.5 Å². The molecule has 6 heteroatoms. The van der Waals surface area contributed by atoms with Gasteiger partial charge in [-0.1, -0.05) is 24.3 Å². The number of hydrogen-bond donors (Lipinski definition) is 1. The third-order valence-electron chi connectivity index (χ3n) is 9.85. The van der Waals surface area contributed by atoms with Crippen LogP contribution in [0.5, 0.6) is 0 Å². The van der Waals surface area contributed by atoms with Crippen molar-refractivity contribution in [1.29, 1.82) is 0 Å². The Bertz CT molecular complexity index is 1220. The molecule has 2 heterocycles. The van der Waals surface area contributed by atoms with Gasteiger partial charge >= 0.3 is 0 Å². The molecule has 0 aromatic heterocycles. The molecular formula is C31H36F3N3. The molecule has 3 nitrogen and oxygen atoms in total. The number of benzene rings is 2. The van der Waals surface area contributed by atoms with E-state index in [2.05, 4.69) is 46.3 Å². The summed E-state index contributed by atoms with van der Waals surface area (Å²) >= 11 is 0. The van der Waals surface area contributed by atoms with Crippen LogP contribution < -0.4 is 5.32 Å². The van der Waals surface area contributed by atoms with E-state index < -0.39 is 11.6 Å². The normalized spacial score (nSPS) is 32.6. The molecule has 6 aliphatic rings. The zero-order chi connectivity index (χ0) is 25.3. The molecule has 3 atom stereocenters. The van der Waals surface area contributed by atoms with Gasteiger partial charge in [0.1, 0.15) is 11.6 Å². The molecule has 0 spiro atoms. The number of alkyl halides is 1. The Morgan fingerprint density at radius 2 is 1.84 bits per heavy atom. The van der Waals surface area contributed by atoms with E-state index in [1.807, 2.05) is 0 Å². The van der Waals surface area contributed by atoms with E-state index in [9.17, 15) is 4.39 Å². The van der Waals surface area contributed by atoms with Crippen molar-refractivity contribution >= 4 is 11.3 Å². The molecule has 37 heavy (non-hydrogen) atoms. The SMILES string of the molecule is C[C@@H]1CC2=C(Cc3ccccc32)[C@@H](c2c(F)cc(N[C@H]3CCN(CCCF)C3)cc2F)N1C12CC(C1)C2. The van der Waals surface area contributed by atoms with Gasteiger partial charge < -0.3 is 10.2 Å². The van der Waals surface area contributed by atoms with Gasteiger partial charge in [-0.05, 0) is 92.2 Å². The van der Waals surface area contributed by atoms with Crippen LogP contribution in [0.1, 0.15) is 68.2 Å². The zero-order valence-electron chi connectivity index (χ0n) is 21.6. The van der Waals surface area contributed by atoms with Crippen LogP contribution in [0.3, 0.4) is 0 Å². The summed E-state index contributed by atoms with van der Waals surface area (Å²) in [5.41, 5.74) is 5.87. The van der Waals surface area contributed by atoms with E-state index in [0.29, 0.717) is 12.1 Å². The van der Waals surface area contributed by atoms with Crippen molar-refractivity contribution in [3.05, 3.63) is 70.3 Å². The van der Waals surface area contributed by atoms with Crippen LogP contribution >= 0.6 is 0 Å². The van der Waals surface area contributed by atoms with Crippen molar-refractivity contribution < 1.29 is 13.2 Å². The van der Waals surface area contributed by atoms with Crippen LogP contribution in [-0.4, -0.2) is 53.7 Å². The smallest absolute Gasteiger partial charge is 0.133 e. The fraction of sp³-hybridized carbons (Fsp3) is 0.548. The van der Waals surface area contributed by atoms with E-state index in [4.69, 9.17) is 0 Å². The van der Waals surface area contributed by atoms with Gasteiger partial charge in [-0.15, -0.1) is 0 Å². The van der Waals surface area contributed by atoms with Gasteiger partial charge in [0.15, 0.2) is 0 Å². The number of halogens is 3. The average Bonchev–Trinajstić information content (AvgIpc) is 3.41. The van der Waals surface area contributed by atoms with Gasteiger partial charge in [0.05, 0.1) is 12.7 Å². The van der Waals surface area contributed by atoms with E-state index in [1.54, 1.807) is 0 Å². The third kappa shape index (κ3) is 3.77. The van der Waals surface area contributed by atoms with E-state index in [0.717, 1.165) is 64.1 Å². The Morgan fingerprint density at radius 1 is 1.08 bits per heavy atom. The molecule has 3 saturated carbocycles. The van der Waals surface area contributed by atoms with Crippen LogP contribution in [0.4, 0.5) is 18.9 Å². The molecule has 0 unspecified atom stereocenters. The molecular weight excluding hydrogens is 471 g/mol. The second-order valence-electron chi connectivity index (χ2n) is 12.2. The number of nitrogens with zero attached hydrogens (tertiary/aromatic N) is 2. The quantitative estimate of drug-likeness (QED) is 0.461. The van der Waals surface area contributed by atoms with E-state index in [1.165, 1.54) is 34.4 Å². The van der Waals surface area contributed by atoms with Crippen LogP contribution in [0.2, 0.25) is 0 Å². The molecule has 4 aliphatic carbocycles. The summed E-state index contributed by atoms with van der Waals surface area (Å²) in [4.78, 5) is 4.72. The summed E-state index contributed by atoms with van der Waals surface area (Å²) in [5, 5.41) is 3.36. The van der Waals surface area contributed by atoms with Crippen molar-refractivity contribution in [2.24, 2.45) is 5.92 Å². The largest absolute Gasteiger partial charge is 0.381 e. The first-order chi connectivity index (χ1) is 18.0. The molecule has 4 fully saturated rings. The Balaban J connectivity index is 1.22. The number of fused-ring (bicyclic) bond motifs is 2. The summed E-state index contributed by atoms with van der Waals surface area (Å²) in [7, 11) is 0. The van der Waals surface area contributed by atoms with E-state index >= 15 is 8.78 Å². The topological polar surface area (TPSA) is 18.5 Å². The van der Waals surface area contributed by atoms with Gasteiger partial charge in [-0.2, -0.15) is 0 Å². The minimum absolute atomic E-state index is 0.102. The maximum absolute atomic E-state index is 16.0. The van der Waals surface area contributed by atoms with Crippen molar-refractivity contribution in [1.82, 2.24) is 9.80 Å². The van der Waals surface area contributed by atoms with Crippen LogP contribution in [-0.2, 0) is 6.42 Å². The van der Waals surface area contributed by atoms with Gasteiger partial charge in [0.2, 0.25) is 0 Å². The molecule has 2 bridgehead atoms. The highest BCUT2D eigenvalue weighted by molar-refractivity contribution is 5.79.